The Bertz CT molecular complexity index is 629. The number of halogens is 1. The zero-order valence-corrected chi connectivity index (χ0v) is 12.5. The minimum Gasteiger partial charge on any atom is -0.496 e. The first-order valence-corrected chi connectivity index (χ1v) is 6.54. The monoisotopic (exact) mass is 340 g/mol. The van der Waals surface area contributed by atoms with E-state index in [1.54, 1.807) is 7.11 Å². The van der Waals surface area contributed by atoms with E-state index >= 15 is 0 Å². The number of ether oxygens (including phenoxy) is 1. The Balaban J connectivity index is 2.12. The van der Waals surface area contributed by atoms with Gasteiger partial charge in [-0.2, -0.15) is 0 Å². The molecule has 0 aliphatic heterocycles. The first-order valence-electron chi connectivity index (χ1n) is 5.75. The van der Waals surface area contributed by atoms with Crippen LogP contribution >= 0.6 is 15.9 Å². The summed E-state index contributed by atoms with van der Waals surface area (Å²) in [7, 11) is 1.59. The van der Waals surface area contributed by atoms with Crippen LogP contribution in [0.1, 0.15) is 29.0 Å². The topological polar surface area (TPSA) is 103 Å². The van der Waals surface area contributed by atoms with Crippen LogP contribution in [0, 0.1) is 0 Å². The third-order valence-electron chi connectivity index (χ3n) is 2.75. The van der Waals surface area contributed by atoms with Gasteiger partial charge in [-0.25, -0.2) is 4.63 Å². The highest BCUT2D eigenvalue weighted by Gasteiger charge is 2.19. The zero-order valence-electron chi connectivity index (χ0n) is 10.9. The minimum absolute atomic E-state index is 0.0237. The van der Waals surface area contributed by atoms with E-state index in [4.69, 9.17) is 10.5 Å². The number of carbonyl (C=O) groups excluding carboxylic acids is 1. The molecule has 2 aromatic rings. The number of nitrogen functional groups attached to an aromatic ring is 1. The van der Waals surface area contributed by atoms with E-state index in [1.165, 1.54) is 0 Å². The third kappa shape index (κ3) is 2.90. The van der Waals surface area contributed by atoms with Crippen molar-refractivity contribution in [2.75, 3.05) is 12.8 Å². The molecule has 0 aliphatic carbocycles. The number of anilines is 1. The number of aromatic nitrogens is 2. The maximum Gasteiger partial charge on any atom is 0.277 e. The Labute approximate surface area is 123 Å². The zero-order chi connectivity index (χ0) is 14.7. The quantitative estimate of drug-likeness (QED) is 0.881. The Kier molecular flexibility index (Phi) is 4.23. The summed E-state index contributed by atoms with van der Waals surface area (Å²) in [6.07, 6.45) is 0. The molecule has 2 rings (SSSR count). The molecule has 1 atom stereocenters. The second-order valence-corrected chi connectivity index (χ2v) is 4.94. The molecule has 1 amide bonds. The summed E-state index contributed by atoms with van der Waals surface area (Å²) in [5.74, 6) is 0.242. The van der Waals surface area contributed by atoms with Crippen LogP contribution in [0.4, 0.5) is 5.82 Å². The summed E-state index contributed by atoms with van der Waals surface area (Å²) in [4.78, 5) is 11.9. The van der Waals surface area contributed by atoms with Gasteiger partial charge >= 0.3 is 0 Å². The Morgan fingerprint density at radius 1 is 1.50 bits per heavy atom. The highest BCUT2D eigenvalue weighted by atomic mass is 79.9. The molecule has 0 aliphatic rings. The molecule has 20 heavy (non-hydrogen) atoms. The molecule has 1 unspecified atom stereocenters. The van der Waals surface area contributed by atoms with E-state index in [1.807, 2.05) is 25.1 Å². The van der Waals surface area contributed by atoms with Crippen LogP contribution in [0.2, 0.25) is 0 Å². The van der Waals surface area contributed by atoms with E-state index in [0.717, 1.165) is 15.8 Å². The van der Waals surface area contributed by atoms with Crippen molar-refractivity contribution >= 4 is 27.7 Å². The molecular weight excluding hydrogens is 328 g/mol. The van der Waals surface area contributed by atoms with Crippen molar-refractivity contribution in [2.24, 2.45) is 0 Å². The number of nitrogens with one attached hydrogen (secondary N) is 1. The van der Waals surface area contributed by atoms with Crippen LogP contribution in [-0.4, -0.2) is 23.3 Å². The number of hydrogen-bond donors (Lipinski definition) is 2. The summed E-state index contributed by atoms with van der Waals surface area (Å²) in [5.41, 5.74) is 6.35. The lowest BCUT2D eigenvalue weighted by atomic mass is 10.1. The van der Waals surface area contributed by atoms with Crippen LogP contribution in [0.3, 0.4) is 0 Å². The Morgan fingerprint density at radius 2 is 2.25 bits per heavy atom. The first-order chi connectivity index (χ1) is 9.52. The molecule has 0 saturated heterocycles. The standard InChI is InChI=1S/C12H13BrN4O3/c1-6(7-3-4-9(19-2)8(13)5-7)15-12(18)10-11(14)17-20-16-10/h3-6H,1-2H3,(H2,14,17)(H,15,18). The van der Waals surface area contributed by atoms with E-state index < -0.39 is 5.91 Å². The van der Waals surface area contributed by atoms with Gasteiger partial charge in [-0.1, -0.05) is 6.07 Å². The van der Waals surface area contributed by atoms with Crippen molar-refractivity contribution in [3.05, 3.63) is 33.9 Å². The van der Waals surface area contributed by atoms with Crippen LogP contribution in [0.15, 0.2) is 27.3 Å². The predicted octanol–water partition coefficient (Wildman–Crippen LogP) is 1.91. The fraction of sp³-hybridized carbons (Fsp3) is 0.250. The molecule has 0 fully saturated rings. The van der Waals surface area contributed by atoms with Gasteiger partial charge in [-0.05, 0) is 50.9 Å². The third-order valence-corrected chi connectivity index (χ3v) is 3.37. The molecule has 0 radical (unpaired) electrons. The Hall–Kier alpha value is -2.09. The number of hydrogen-bond acceptors (Lipinski definition) is 6. The maximum atomic E-state index is 11.9. The highest BCUT2D eigenvalue weighted by Crippen LogP contribution is 2.28. The fourth-order valence-electron chi connectivity index (χ4n) is 1.65. The summed E-state index contributed by atoms with van der Waals surface area (Å²) >= 11 is 3.40. The number of nitrogens with zero attached hydrogens (tertiary/aromatic N) is 2. The molecule has 1 aromatic heterocycles. The van der Waals surface area contributed by atoms with Crippen LogP contribution < -0.4 is 15.8 Å². The van der Waals surface area contributed by atoms with E-state index in [2.05, 4.69) is 36.2 Å². The highest BCUT2D eigenvalue weighted by molar-refractivity contribution is 9.10. The van der Waals surface area contributed by atoms with Crippen molar-refractivity contribution < 1.29 is 14.2 Å². The summed E-state index contributed by atoms with van der Waals surface area (Å²) < 4.78 is 10.4. The van der Waals surface area contributed by atoms with Gasteiger partial charge in [-0.15, -0.1) is 0 Å². The van der Waals surface area contributed by atoms with Crippen molar-refractivity contribution in [3.8, 4) is 5.75 Å². The molecule has 0 spiro atoms. The van der Waals surface area contributed by atoms with Crippen molar-refractivity contribution in [3.63, 3.8) is 0 Å². The lowest BCUT2D eigenvalue weighted by molar-refractivity contribution is 0.0930. The van der Waals surface area contributed by atoms with Gasteiger partial charge in [0.25, 0.3) is 5.91 Å². The van der Waals surface area contributed by atoms with Gasteiger partial charge in [-0.3, -0.25) is 4.79 Å². The lowest BCUT2D eigenvalue weighted by Crippen LogP contribution is -2.27. The average Bonchev–Trinajstić information content (AvgIpc) is 2.84. The van der Waals surface area contributed by atoms with Crippen LogP contribution in [0.25, 0.3) is 0 Å². The minimum atomic E-state index is -0.441. The smallest absolute Gasteiger partial charge is 0.277 e. The van der Waals surface area contributed by atoms with Gasteiger partial charge in [0.2, 0.25) is 11.5 Å². The maximum absolute atomic E-state index is 11.9. The van der Waals surface area contributed by atoms with Crippen molar-refractivity contribution in [1.29, 1.82) is 0 Å². The second kappa shape index (κ2) is 5.91. The number of nitrogens with two attached hydrogens (primary N) is 1. The van der Waals surface area contributed by atoms with E-state index in [-0.39, 0.29) is 17.6 Å². The number of carbonyl (C=O) groups is 1. The normalized spacial score (nSPS) is 11.9. The summed E-state index contributed by atoms with van der Waals surface area (Å²) in [5, 5.41) is 9.58. The molecule has 1 aromatic carbocycles. The van der Waals surface area contributed by atoms with Gasteiger partial charge in [0.15, 0.2) is 0 Å². The molecule has 8 heteroatoms. The summed E-state index contributed by atoms with van der Waals surface area (Å²) in [6.45, 7) is 1.84. The lowest BCUT2D eigenvalue weighted by Gasteiger charge is -2.14. The van der Waals surface area contributed by atoms with Crippen molar-refractivity contribution in [1.82, 2.24) is 15.6 Å². The average molecular weight is 341 g/mol. The number of amides is 1. The number of rotatable bonds is 4. The number of benzene rings is 1. The predicted molar refractivity (Wildman–Crippen MR) is 75.3 cm³/mol. The van der Waals surface area contributed by atoms with Crippen molar-refractivity contribution in [2.45, 2.75) is 13.0 Å². The largest absolute Gasteiger partial charge is 0.496 e. The van der Waals surface area contributed by atoms with Crippen LogP contribution in [-0.2, 0) is 0 Å². The first kappa shape index (κ1) is 14.3. The van der Waals surface area contributed by atoms with Gasteiger partial charge in [0, 0.05) is 0 Å². The van der Waals surface area contributed by atoms with Crippen LogP contribution in [0.5, 0.6) is 5.75 Å². The summed E-state index contributed by atoms with van der Waals surface area (Å²) in [6, 6.07) is 5.31. The molecule has 106 valence electrons. The molecule has 7 nitrogen and oxygen atoms in total. The molecular formula is C12H13BrN4O3. The van der Waals surface area contributed by atoms with E-state index in [9.17, 15) is 4.79 Å². The fourth-order valence-corrected chi connectivity index (χ4v) is 2.21. The molecule has 3 N–H and O–H groups in total. The second-order valence-electron chi connectivity index (χ2n) is 4.09. The van der Waals surface area contributed by atoms with Gasteiger partial charge < -0.3 is 15.8 Å². The SMILES string of the molecule is COc1ccc(C(C)NC(=O)c2nonc2N)cc1Br. The van der Waals surface area contributed by atoms with Gasteiger partial charge in [0.1, 0.15) is 5.75 Å². The number of methoxy groups -OCH3 is 1. The Morgan fingerprint density at radius 3 is 2.80 bits per heavy atom. The van der Waals surface area contributed by atoms with E-state index in [0.29, 0.717) is 0 Å². The van der Waals surface area contributed by atoms with Gasteiger partial charge in [0.05, 0.1) is 17.6 Å². The molecule has 0 bridgehead atoms. The molecule has 0 saturated carbocycles. The molecule has 1 heterocycles.